The van der Waals surface area contributed by atoms with Crippen LogP contribution in [0.25, 0.3) is 0 Å². The molecule has 3 aliphatic heterocycles. The van der Waals surface area contributed by atoms with Gasteiger partial charge in [-0.3, -0.25) is 9.59 Å². The fourth-order valence-corrected chi connectivity index (χ4v) is 5.87. The van der Waals surface area contributed by atoms with Gasteiger partial charge >= 0.3 is 5.97 Å². The highest BCUT2D eigenvalue weighted by molar-refractivity contribution is 5.82. The van der Waals surface area contributed by atoms with Crippen LogP contribution in [0, 0.1) is 5.92 Å². The van der Waals surface area contributed by atoms with Gasteiger partial charge in [-0.2, -0.15) is 0 Å². The molecule has 3 heterocycles. The Labute approximate surface area is 247 Å². The van der Waals surface area contributed by atoms with Crippen molar-refractivity contribution in [3.05, 3.63) is 70.8 Å². The van der Waals surface area contributed by atoms with E-state index in [1.165, 1.54) is 6.92 Å². The van der Waals surface area contributed by atoms with E-state index in [1.807, 2.05) is 48.5 Å². The van der Waals surface area contributed by atoms with Crippen molar-refractivity contribution in [3.63, 3.8) is 0 Å². The number of nitrogens with zero attached hydrogens (tertiary/aromatic N) is 1. The van der Waals surface area contributed by atoms with Crippen LogP contribution in [0.5, 0.6) is 0 Å². The maximum absolute atomic E-state index is 12.2. The number of ether oxygens (including phenoxy) is 5. The van der Waals surface area contributed by atoms with Gasteiger partial charge in [0.05, 0.1) is 32.0 Å². The third kappa shape index (κ3) is 7.37. The Kier molecular flexibility index (Phi) is 9.92. The highest BCUT2D eigenvalue weighted by atomic mass is 16.7. The van der Waals surface area contributed by atoms with E-state index in [1.54, 1.807) is 6.92 Å². The average molecular weight is 583 g/mol. The second kappa shape index (κ2) is 13.6. The number of hydrogen-bond acceptors (Lipinski definition) is 9. The molecule has 5 atom stereocenters. The number of aliphatic hydroxyl groups is 1. The van der Waals surface area contributed by atoms with Crippen molar-refractivity contribution in [2.24, 2.45) is 5.92 Å². The first-order chi connectivity index (χ1) is 20.2. The summed E-state index contributed by atoms with van der Waals surface area (Å²) < 4.78 is 30.0. The molecule has 10 nitrogen and oxygen atoms in total. The number of carbonyl (C=O) groups excluding carboxylic acids is 2. The van der Waals surface area contributed by atoms with E-state index in [0.29, 0.717) is 19.8 Å². The standard InChI is InChI=1S/C32H42N2O8/c1-21-28(19-34-14-12-32(13-15-34)38-16-17-39-32)41-31(42-29(21)26-8-6-25(20-35)7-9-26)27-10-4-24(5-11-27)18-33-30(37)22(2)40-23(3)36/h4-11,21-22,28-29,31,35H,12-20H2,1-3H3,(H,33,37). The maximum Gasteiger partial charge on any atom is 0.303 e. The molecule has 5 unspecified atom stereocenters. The van der Waals surface area contributed by atoms with Crippen LogP contribution >= 0.6 is 0 Å². The van der Waals surface area contributed by atoms with Crippen molar-refractivity contribution in [2.75, 3.05) is 32.8 Å². The summed E-state index contributed by atoms with van der Waals surface area (Å²) in [5.41, 5.74) is 3.69. The highest BCUT2D eigenvalue weighted by Gasteiger charge is 2.43. The third-order valence-electron chi connectivity index (χ3n) is 8.42. The lowest BCUT2D eigenvalue weighted by Crippen LogP contribution is -2.50. The summed E-state index contributed by atoms with van der Waals surface area (Å²) in [6, 6.07) is 15.7. The fraction of sp³-hybridized carbons (Fsp3) is 0.562. The first-order valence-corrected chi connectivity index (χ1v) is 14.8. The molecule has 228 valence electrons. The van der Waals surface area contributed by atoms with Gasteiger partial charge in [-0.25, -0.2) is 0 Å². The first-order valence-electron chi connectivity index (χ1n) is 14.8. The van der Waals surface area contributed by atoms with Crippen molar-refractivity contribution >= 4 is 11.9 Å². The van der Waals surface area contributed by atoms with Crippen molar-refractivity contribution in [2.45, 2.75) is 77.2 Å². The predicted molar refractivity (Wildman–Crippen MR) is 153 cm³/mol. The summed E-state index contributed by atoms with van der Waals surface area (Å²) in [6.45, 7) is 9.15. The van der Waals surface area contributed by atoms with Crippen molar-refractivity contribution < 1.29 is 38.4 Å². The number of esters is 1. The number of amides is 1. The zero-order valence-electron chi connectivity index (χ0n) is 24.6. The molecule has 5 rings (SSSR count). The SMILES string of the molecule is CC(=O)OC(C)C(=O)NCc1ccc(C2OC(CN3CCC4(CC3)OCCO4)C(C)C(c3ccc(CO)cc3)O2)cc1. The second-order valence-electron chi connectivity index (χ2n) is 11.4. The molecule has 0 aliphatic carbocycles. The number of hydrogen-bond donors (Lipinski definition) is 2. The first kappa shape index (κ1) is 30.6. The molecule has 42 heavy (non-hydrogen) atoms. The molecular formula is C32H42N2O8. The monoisotopic (exact) mass is 582 g/mol. The zero-order valence-corrected chi connectivity index (χ0v) is 24.6. The van der Waals surface area contributed by atoms with Crippen LogP contribution in [0.15, 0.2) is 48.5 Å². The summed E-state index contributed by atoms with van der Waals surface area (Å²) in [4.78, 5) is 25.8. The molecule has 0 radical (unpaired) electrons. The van der Waals surface area contributed by atoms with Crippen LogP contribution in [0.3, 0.4) is 0 Å². The molecule has 0 saturated carbocycles. The Balaban J connectivity index is 1.27. The molecule has 2 aromatic carbocycles. The minimum Gasteiger partial charge on any atom is -0.453 e. The molecule has 3 saturated heterocycles. The quantitative estimate of drug-likeness (QED) is 0.430. The van der Waals surface area contributed by atoms with Gasteiger partial charge in [0.15, 0.2) is 18.2 Å². The highest BCUT2D eigenvalue weighted by Crippen LogP contribution is 2.42. The summed E-state index contributed by atoms with van der Waals surface area (Å²) in [5.74, 6) is -1.18. The molecule has 2 aromatic rings. The Morgan fingerprint density at radius 2 is 1.62 bits per heavy atom. The largest absolute Gasteiger partial charge is 0.453 e. The lowest BCUT2D eigenvalue weighted by atomic mass is 9.89. The molecular weight excluding hydrogens is 540 g/mol. The van der Waals surface area contributed by atoms with Crippen LogP contribution in [-0.4, -0.2) is 72.7 Å². The smallest absolute Gasteiger partial charge is 0.303 e. The molecule has 3 fully saturated rings. The number of nitrogens with one attached hydrogen (secondary N) is 1. The van der Waals surface area contributed by atoms with Gasteiger partial charge in [-0.15, -0.1) is 0 Å². The zero-order chi connectivity index (χ0) is 29.7. The third-order valence-corrected chi connectivity index (χ3v) is 8.42. The van der Waals surface area contributed by atoms with E-state index in [9.17, 15) is 14.7 Å². The summed E-state index contributed by atoms with van der Waals surface area (Å²) in [7, 11) is 0. The molecule has 0 bridgehead atoms. The number of likely N-dealkylation sites (tertiary alicyclic amines) is 1. The van der Waals surface area contributed by atoms with E-state index in [2.05, 4.69) is 17.1 Å². The molecule has 2 N–H and O–H groups in total. The molecule has 1 amide bonds. The van der Waals surface area contributed by atoms with E-state index < -0.39 is 24.2 Å². The van der Waals surface area contributed by atoms with E-state index >= 15 is 0 Å². The van der Waals surface area contributed by atoms with Gasteiger partial charge in [0.2, 0.25) is 0 Å². The van der Waals surface area contributed by atoms with E-state index in [0.717, 1.165) is 54.7 Å². The maximum atomic E-state index is 12.2. The normalized spacial score (nSPS) is 26.6. The van der Waals surface area contributed by atoms with Crippen LogP contribution in [0.1, 0.15) is 68.3 Å². The van der Waals surface area contributed by atoms with Gasteiger partial charge < -0.3 is 39.0 Å². The topological polar surface area (TPSA) is 116 Å². The van der Waals surface area contributed by atoms with Gasteiger partial charge in [-0.1, -0.05) is 55.5 Å². The lowest BCUT2D eigenvalue weighted by Gasteiger charge is -2.44. The molecule has 3 aliphatic rings. The predicted octanol–water partition coefficient (Wildman–Crippen LogP) is 3.38. The van der Waals surface area contributed by atoms with Crippen LogP contribution < -0.4 is 5.32 Å². The fourth-order valence-electron chi connectivity index (χ4n) is 5.87. The Bertz CT molecular complexity index is 1190. The Hall–Kier alpha value is -2.86. The van der Waals surface area contributed by atoms with Crippen molar-refractivity contribution in [1.82, 2.24) is 10.2 Å². The number of aliphatic hydroxyl groups excluding tert-OH is 1. The van der Waals surface area contributed by atoms with E-state index in [4.69, 9.17) is 23.7 Å². The Morgan fingerprint density at radius 3 is 2.24 bits per heavy atom. The molecule has 1 spiro atoms. The van der Waals surface area contributed by atoms with Crippen molar-refractivity contribution in [1.29, 1.82) is 0 Å². The number of piperidine rings is 1. The summed E-state index contributed by atoms with van der Waals surface area (Å²) in [6.07, 6.45) is -0.000734. The average Bonchev–Trinajstić information content (AvgIpc) is 3.46. The number of benzene rings is 2. The van der Waals surface area contributed by atoms with E-state index in [-0.39, 0.29) is 30.6 Å². The van der Waals surface area contributed by atoms with Crippen LogP contribution in [0.2, 0.25) is 0 Å². The van der Waals surface area contributed by atoms with Gasteiger partial charge in [0, 0.05) is 57.4 Å². The summed E-state index contributed by atoms with van der Waals surface area (Å²) in [5, 5.41) is 12.3. The van der Waals surface area contributed by atoms with Gasteiger partial charge in [0.25, 0.3) is 5.91 Å². The summed E-state index contributed by atoms with van der Waals surface area (Å²) >= 11 is 0. The van der Waals surface area contributed by atoms with Gasteiger partial charge in [0.1, 0.15) is 0 Å². The van der Waals surface area contributed by atoms with Crippen molar-refractivity contribution in [3.8, 4) is 0 Å². The number of rotatable bonds is 9. The lowest BCUT2D eigenvalue weighted by molar-refractivity contribution is -0.278. The second-order valence-corrected chi connectivity index (χ2v) is 11.4. The molecule has 10 heteroatoms. The van der Waals surface area contributed by atoms with Crippen LogP contribution in [0.4, 0.5) is 0 Å². The van der Waals surface area contributed by atoms with Crippen LogP contribution in [-0.2, 0) is 46.4 Å². The Morgan fingerprint density at radius 1 is 1.00 bits per heavy atom. The molecule has 0 aromatic heterocycles. The minimum atomic E-state index is -0.850. The van der Waals surface area contributed by atoms with Gasteiger partial charge in [-0.05, 0) is 23.6 Å². The minimum absolute atomic E-state index is 0.00490. The number of carbonyl (C=O) groups is 2.